The number of aromatic nitrogens is 1. The molecule has 0 spiro atoms. The molecule has 9 heteroatoms. The largest absolute Gasteiger partial charge is 0.378 e. The Labute approximate surface area is 166 Å². The maximum atomic E-state index is 13.4. The summed E-state index contributed by atoms with van der Waals surface area (Å²) in [5.74, 6) is 0.0784. The van der Waals surface area contributed by atoms with Crippen LogP contribution in [0.4, 0.5) is 11.4 Å². The van der Waals surface area contributed by atoms with E-state index in [2.05, 4.69) is 9.88 Å². The van der Waals surface area contributed by atoms with Gasteiger partial charge < -0.3 is 14.5 Å². The number of thiazole rings is 1. The Morgan fingerprint density at radius 1 is 1.29 bits per heavy atom. The summed E-state index contributed by atoms with van der Waals surface area (Å²) in [6, 6.07) is 4.58. The number of non-ortho nitro benzene ring substituents is 1. The van der Waals surface area contributed by atoms with Crippen molar-refractivity contribution in [2.75, 3.05) is 44.3 Å². The van der Waals surface area contributed by atoms with Crippen LogP contribution >= 0.6 is 11.3 Å². The first kappa shape index (κ1) is 18.8. The van der Waals surface area contributed by atoms with E-state index in [0.717, 1.165) is 23.5 Å². The minimum Gasteiger partial charge on any atom is -0.378 e. The van der Waals surface area contributed by atoms with Crippen molar-refractivity contribution < 1.29 is 14.5 Å². The van der Waals surface area contributed by atoms with Crippen LogP contribution in [0.5, 0.6) is 0 Å². The lowest BCUT2D eigenvalue weighted by molar-refractivity contribution is -0.384. The highest BCUT2D eigenvalue weighted by Gasteiger charge is 2.30. The molecule has 3 heterocycles. The number of hydrogen-bond donors (Lipinski definition) is 0. The van der Waals surface area contributed by atoms with Crippen LogP contribution in [0.1, 0.15) is 34.1 Å². The number of amides is 1. The molecular formula is C19H22N4O4S. The zero-order chi connectivity index (χ0) is 19.5. The number of rotatable bonds is 4. The molecule has 8 nitrogen and oxygen atoms in total. The third kappa shape index (κ3) is 3.85. The molecule has 2 fully saturated rings. The molecule has 1 amide bonds. The third-order valence-corrected chi connectivity index (χ3v) is 6.22. The number of benzene rings is 1. The number of carbonyl (C=O) groups excluding carboxylic acids is 1. The van der Waals surface area contributed by atoms with Gasteiger partial charge in [-0.25, -0.2) is 4.98 Å². The van der Waals surface area contributed by atoms with Gasteiger partial charge in [-0.05, 0) is 18.9 Å². The van der Waals surface area contributed by atoms with Crippen molar-refractivity contribution >= 4 is 28.6 Å². The Balaban J connectivity index is 1.62. The molecule has 1 atom stereocenters. The van der Waals surface area contributed by atoms with E-state index in [9.17, 15) is 14.9 Å². The van der Waals surface area contributed by atoms with Crippen LogP contribution in [0.15, 0.2) is 29.8 Å². The Kier molecular flexibility index (Phi) is 5.54. The topological polar surface area (TPSA) is 88.8 Å². The van der Waals surface area contributed by atoms with E-state index in [1.165, 1.54) is 12.1 Å². The van der Waals surface area contributed by atoms with Crippen LogP contribution in [0, 0.1) is 10.1 Å². The van der Waals surface area contributed by atoms with E-state index in [1.54, 1.807) is 23.6 Å². The van der Waals surface area contributed by atoms with Gasteiger partial charge in [-0.3, -0.25) is 14.9 Å². The minimum atomic E-state index is -0.450. The smallest absolute Gasteiger partial charge is 0.270 e. The van der Waals surface area contributed by atoms with Crippen molar-refractivity contribution in [3.05, 3.63) is 50.5 Å². The molecule has 0 bridgehead atoms. The van der Waals surface area contributed by atoms with Gasteiger partial charge in [-0.15, -0.1) is 11.3 Å². The van der Waals surface area contributed by atoms with Gasteiger partial charge in [0.2, 0.25) is 0 Å². The Morgan fingerprint density at radius 2 is 2.11 bits per heavy atom. The maximum Gasteiger partial charge on any atom is 0.270 e. The summed E-state index contributed by atoms with van der Waals surface area (Å²) in [4.78, 5) is 32.5. The van der Waals surface area contributed by atoms with Gasteiger partial charge in [0.1, 0.15) is 0 Å². The van der Waals surface area contributed by atoms with Crippen molar-refractivity contribution in [3.63, 3.8) is 0 Å². The van der Waals surface area contributed by atoms with E-state index in [0.29, 0.717) is 45.0 Å². The van der Waals surface area contributed by atoms with E-state index in [4.69, 9.17) is 4.74 Å². The number of piperidine rings is 1. The molecule has 2 aliphatic rings. The highest BCUT2D eigenvalue weighted by Crippen LogP contribution is 2.32. The predicted octanol–water partition coefficient (Wildman–Crippen LogP) is 2.91. The molecule has 0 radical (unpaired) electrons. The average molecular weight is 402 g/mol. The number of morpholine rings is 1. The van der Waals surface area contributed by atoms with Crippen LogP contribution < -0.4 is 4.90 Å². The van der Waals surface area contributed by atoms with Crippen LogP contribution in [0.2, 0.25) is 0 Å². The lowest BCUT2D eigenvalue weighted by Crippen LogP contribution is -2.41. The Morgan fingerprint density at radius 3 is 2.82 bits per heavy atom. The summed E-state index contributed by atoms with van der Waals surface area (Å²) in [5.41, 5.74) is 1.08. The van der Waals surface area contributed by atoms with Crippen LogP contribution in [-0.2, 0) is 4.74 Å². The summed E-state index contributed by atoms with van der Waals surface area (Å²) in [6.07, 6.45) is 3.69. The quantitative estimate of drug-likeness (QED) is 0.577. The molecule has 4 rings (SSSR count). The van der Waals surface area contributed by atoms with Gasteiger partial charge in [0.05, 0.1) is 34.4 Å². The number of ether oxygens (including phenoxy) is 1. The first-order valence-corrected chi connectivity index (χ1v) is 10.3. The fourth-order valence-corrected chi connectivity index (χ4v) is 4.63. The number of hydrogen-bond acceptors (Lipinski definition) is 7. The molecule has 28 heavy (non-hydrogen) atoms. The number of likely N-dealkylation sites (tertiary alicyclic amines) is 1. The maximum absolute atomic E-state index is 13.4. The second kappa shape index (κ2) is 8.24. The van der Waals surface area contributed by atoms with Crippen molar-refractivity contribution in [3.8, 4) is 0 Å². The summed E-state index contributed by atoms with van der Waals surface area (Å²) in [5, 5.41) is 14.3. The van der Waals surface area contributed by atoms with Crippen molar-refractivity contribution in [2.24, 2.45) is 0 Å². The Bertz CT molecular complexity index is 852. The van der Waals surface area contributed by atoms with Gasteiger partial charge in [0, 0.05) is 55.8 Å². The lowest BCUT2D eigenvalue weighted by atomic mass is 9.97. The van der Waals surface area contributed by atoms with Crippen LogP contribution in [-0.4, -0.2) is 60.1 Å². The van der Waals surface area contributed by atoms with Gasteiger partial charge in [0.25, 0.3) is 11.6 Å². The predicted molar refractivity (Wildman–Crippen MR) is 106 cm³/mol. The van der Waals surface area contributed by atoms with E-state index >= 15 is 0 Å². The zero-order valence-corrected chi connectivity index (χ0v) is 16.3. The van der Waals surface area contributed by atoms with Crippen molar-refractivity contribution in [2.45, 2.75) is 18.8 Å². The van der Waals surface area contributed by atoms with Crippen LogP contribution in [0.3, 0.4) is 0 Å². The number of nitro benzene ring substituents is 1. The van der Waals surface area contributed by atoms with E-state index in [1.807, 2.05) is 10.3 Å². The second-order valence-corrected chi connectivity index (χ2v) is 7.94. The summed E-state index contributed by atoms with van der Waals surface area (Å²) in [6.45, 7) is 3.75. The number of carbonyl (C=O) groups is 1. The minimum absolute atomic E-state index is 0.0613. The van der Waals surface area contributed by atoms with E-state index in [-0.39, 0.29) is 17.5 Å². The van der Waals surface area contributed by atoms with Crippen LogP contribution in [0.25, 0.3) is 0 Å². The molecule has 148 valence electrons. The molecule has 2 saturated heterocycles. The highest BCUT2D eigenvalue weighted by molar-refractivity contribution is 7.09. The highest BCUT2D eigenvalue weighted by atomic mass is 32.1. The monoisotopic (exact) mass is 402 g/mol. The normalized spacial score (nSPS) is 20.2. The molecule has 1 unspecified atom stereocenters. The molecule has 1 aromatic heterocycles. The first-order valence-electron chi connectivity index (χ1n) is 9.43. The fraction of sp³-hybridized carbons (Fsp3) is 0.474. The average Bonchev–Trinajstić information content (AvgIpc) is 3.28. The summed E-state index contributed by atoms with van der Waals surface area (Å²) in [7, 11) is 0. The van der Waals surface area contributed by atoms with Crippen molar-refractivity contribution in [1.82, 2.24) is 9.88 Å². The number of nitrogens with zero attached hydrogens (tertiary/aromatic N) is 4. The van der Waals surface area contributed by atoms with E-state index < -0.39 is 4.92 Å². The molecule has 0 N–H and O–H groups in total. The first-order chi connectivity index (χ1) is 13.6. The molecule has 0 aliphatic carbocycles. The van der Waals surface area contributed by atoms with Gasteiger partial charge in [-0.2, -0.15) is 0 Å². The van der Waals surface area contributed by atoms with Gasteiger partial charge in [-0.1, -0.05) is 0 Å². The molecule has 0 saturated carbocycles. The molecule has 2 aromatic rings. The van der Waals surface area contributed by atoms with Gasteiger partial charge >= 0.3 is 0 Å². The number of anilines is 1. The Hall–Kier alpha value is -2.52. The molecule has 1 aromatic carbocycles. The fourth-order valence-electron chi connectivity index (χ4n) is 3.86. The third-order valence-electron chi connectivity index (χ3n) is 5.28. The van der Waals surface area contributed by atoms with Gasteiger partial charge in [0.15, 0.2) is 0 Å². The summed E-state index contributed by atoms with van der Waals surface area (Å²) < 4.78 is 5.40. The van der Waals surface area contributed by atoms with Crippen molar-refractivity contribution in [1.29, 1.82) is 0 Å². The number of nitro groups is 1. The molecular weight excluding hydrogens is 380 g/mol. The zero-order valence-electron chi connectivity index (χ0n) is 15.5. The standard InChI is InChI=1S/C19H22N4O4S/c24-19(22-6-1-2-14(13-22)18-20-5-11-28-18)16-12-15(23(25)26)3-4-17(16)21-7-9-27-10-8-21/h3-5,11-12,14H,1-2,6-10,13H2. The lowest BCUT2D eigenvalue weighted by Gasteiger charge is -2.34. The SMILES string of the molecule is O=C(c1cc([N+](=O)[O-])ccc1N1CCOCC1)N1CCCC(c2nccs2)C1. The summed E-state index contributed by atoms with van der Waals surface area (Å²) >= 11 is 1.61. The second-order valence-electron chi connectivity index (χ2n) is 7.02. The molecule has 2 aliphatic heterocycles.